The van der Waals surface area contributed by atoms with Crippen LogP contribution in [0.15, 0.2) is 18.2 Å². The van der Waals surface area contributed by atoms with Gasteiger partial charge in [-0.2, -0.15) is 0 Å². The highest BCUT2D eigenvalue weighted by atomic mass is 16.2. The van der Waals surface area contributed by atoms with Crippen molar-refractivity contribution in [1.29, 1.82) is 0 Å². The minimum absolute atomic E-state index is 0.249. The molecule has 0 atom stereocenters. The molecule has 1 aromatic carbocycles. The van der Waals surface area contributed by atoms with E-state index < -0.39 is 0 Å². The van der Waals surface area contributed by atoms with Gasteiger partial charge in [0.15, 0.2) is 0 Å². The van der Waals surface area contributed by atoms with Crippen molar-refractivity contribution in [2.24, 2.45) is 0 Å². The maximum absolute atomic E-state index is 12.5. The zero-order chi connectivity index (χ0) is 12.0. The maximum Gasteiger partial charge on any atom is 0.237 e. The van der Waals surface area contributed by atoms with Crippen molar-refractivity contribution in [2.75, 3.05) is 25.0 Å². The third-order valence-corrected chi connectivity index (χ3v) is 4.20. The molecule has 0 aromatic heterocycles. The molecule has 2 aliphatic rings. The number of hydrogen-bond acceptors (Lipinski definition) is 2. The van der Waals surface area contributed by atoms with Gasteiger partial charge in [-0.05, 0) is 44.5 Å². The molecule has 0 bridgehead atoms. The largest absolute Gasteiger partial charge is 0.317 e. The zero-order valence-corrected chi connectivity index (χ0v) is 10.4. The summed E-state index contributed by atoms with van der Waals surface area (Å²) in [5.41, 5.74) is 3.33. The fraction of sp³-hybridized carbons (Fsp3) is 0.500. The summed E-state index contributed by atoms with van der Waals surface area (Å²) >= 11 is 0. The Kier molecular flexibility index (Phi) is 2.26. The Balaban J connectivity index is 2.18. The lowest BCUT2D eigenvalue weighted by Crippen LogP contribution is -2.46. The van der Waals surface area contributed by atoms with Crippen LogP contribution in [-0.2, 0) is 10.2 Å². The van der Waals surface area contributed by atoms with Gasteiger partial charge in [-0.3, -0.25) is 4.79 Å². The number of piperidine rings is 1. The first-order valence-electron chi connectivity index (χ1n) is 6.25. The molecule has 1 N–H and O–H groups in total. The summed E-state index contributed by atoms with van der Waals surface area (Å²) < 4.78 is 0. The fourth-order valence-electron chi connectivity index (χ4n) is 3.21. The van der Waals surface area contributed by atoms with Gasteiger partial charge >= 0.3 is 0 Å². The lowest BCUT2D eigenvalue weighted by Gasteiger charge is -2.32. The average molecular weight is 230 g/mol. The minimum Gasteiger partial charge on any atom is -0.317 e. The van der Waals surface area contributed by atoms with Crippen molar-refractivity contribution in [1.82, 2.24) is 5.32 Å². The van der Waals surface area contributed by atoms with E-state index in [1.165, 1.54) is 11.1 Å². The number of nitrogens with one attached hydrogen (secondary N) is 1. The number of carbonyl (C=O) groups excluding carboxylic acids is 1. The zero-order valence-electron chi connectivity index (χ0n) is 10.4. The van der Waals surface area contributed by atoms with Gasteiger partial charge < -0.3 is 10.2 Å². The number of rotatable bonds is 0. The summed E-state index contributed by atoms with van der Waals surface area (Å²) in [6.07, 6.45) is 1.85. The van der Waals surface area contributed by atoms with Gasteiger partial charge in [-0.25, -0.2) is 0 Å². The molecule has 2 aliphatic heterocycles. The number of fused-ring (bicyclic) bond motifs is 2. The number of likely N-dealkylation sites (N-methyl/N-ethyl adjacent to an activating group) is 1. The Morgan fingerprint density at radius 2 is 2.00 bits per heavy atom. The Bertz CT molecular complexity index is 475. The molecule has 0 aliphatic carbocycles. The molecule has 1 spiro atoms. The second-order valence-electron chi connectivity index (χ2n) is 5.22. The number of amides is 1. The molecule has 2 heterocycles. The van der Waals surface area contributed by atoms with E-state index in [4.69, 9.17) is 0 Å². The van der Waals surface area contributed by atoms with Gasteiger partial charge in [-0.1, -0.05) is 17.7 Å². The van der Waals surface area contributed by atoms with Gasteiger partial charge in [0.1, 0.15) is 0 Å². The van der Waals surface area contributed by atoms with Crippen LogP contribution in [0.5, 0.6) is 0 Å². The van der Waals surface area contributed by atoms with E-state index in [2.05, 4.69) is 30.4 Å². The van der Waals surface area contributed by atoms with Gasteiger partial charge in [0.05, 0.1) is 5.41 Å². The summed E-state index contributed by atoms with van der Waals surface area (Å²) in [7, 11) is 1.90. The van der Waals surface area contributed by atoms with E-state index in [1.807, 2.05) is 11.9 Å². The molecule has 1 fully saturated rings. The number of anilines is 1. The average Bonchev–Trinajstić information content (AvgIpc) is 2.54. The highest BCUT2D eigenvalue weighted by Crippen LogP contribution is 2.46. The number of benzene rings is 1. The van der Waals surface area contributed by atoms with E-state index >= 15 is 0 Å². The highest BCUT2D eigenvalue weighted by Gasteiger charge is 2.49. The topological polar surface area (TPSA) is 32.3 Å². The van der Waals surface area contributed by atoms with Gasteiger partial charge in [0.2, 0.25) is 5.91 Å². The van der Waals surface area contributed by atoms with Crippen molar-refractivity contribution in [3.05, 3.63) is 29.3 Å². The quantitative estimate of drug-likeness (QED) is 0.734. The number of carbonyl (C=O) groups is 1. The van der Waals surface area contributed by atoms with Gasteiger partial charge in [0, 0.05) is 12.7 Å². The summed E-state index contributed by atoms with van der Waals surface area (Å²) in [4.78, 5) is 14.4. The Hall–Kier alpha value is -1.35. The third-order valence-electron chi connectivity index (χ3n) is 4.20. The van der Waals surface area contributed by atoms with E-state index in [1.54, 1.807) is 0 Å². The van der Waals surface area contributed by atoms with Crippen LogP contribution in [0.2, 0.25) is 0 Å². The molecule has 3 rings (SSSR count). The Labute approximate surface area is 102 Å². The van der Waals surface area contributed by atoms with E-state index in [0.29, 0.717) is 0 Å². The minimum atomic E-state index is -0.249. The normalized spacial score (nSPS) is 22.0. The number of aryl methyl sites for hydroxylation is 1. The number of nitrogens with zero attached hydrogens (tertiary/aromatic N) is 1. The first kappa shape index (κ1) is 10.8. The van der Waals surface area contributed by atoms with Crippen LogP contribution < -0.4 is 10.2 Å². The second-order valence-corrected chi connectivity index (χ2v) is 5.22. The molecule has 1 amide bonds. The molecular weight excluding hydrogens is 212 g/mol. The van der Waals surface area contributed by atoms with Crippen molar-refractivity contribution in [2.45, 2.75) is 25.2 Å². The predicted molar refractivity (Wildman–Crippen MR) is 68.4 cm³/mol. The molecule has 1 aromatic rings. The third kappa shape index (κ3) is 1.35. The lowest BCUT2D eigenvalue weighted by atomic mass is 9.74. The molecule has 17 heavy (non-hydrogen) atoms. The van der Waals surface area contributed by atoms with Gasteiger partial charge in [0.25, 0.3) is 0 Å². The van der Waals surface area contributed by atoms with E-state index in [-0.39, 0.29) is 11.3 Å². The van der Waals surface area contributed by atoms with Crippen molar-refractivity contribution in [3.63, 3.8) is 0 Å². The fourth-order valence-corrected chi connectivity index (χ4v) is 3.21. The SMILES string of the molecule is Cc1ccc2c(c1)C1(CCNCC1)C(=O)N2C. The summed E-state index contributed by atoms with van der Waals surface area (Å²) in [5, 5.41) is 3.35. The highest BCUT2D eigenvalue weighted by molar-refractivity contribution is 6.07. The van der Waals surface area contributed by atoms with Crippen LogP contribution in [0, 0.1) is 6.92 Å². The molecule has 0 unspecified atom stereocenters. The van der Waals surface area contributed by atoms with Crippen LogP contribution in [0.25, 0.3) is 0 Å². The molecule has 3 nitrogen and oxygen atoms in total. The van der Waals surface area contributed by atoms with Crippen LogP contribution in [0.1, 0.15) is 24.0 Å². The van der Waals surface area contributed by atoms with Crippen LogP contribution in [-0.4, -0.2) is 26.0 Å². The summed E-state index contributed by atoms with van der Waals surface area (Å²) in [5.74, 6) is 0.277. The van der Waals surface area contributed by atoms with Crippen LogP contribution in [0.3, 0.4) is 0 Å². The summed E-state index contributed by atoms with van der Waals surface area (Å²) in [6, 6.07) is 6.37. The Morgan fingerprint density at radius 1 is 1.29 bits per heavy atom. The van der Waals surface area contributed by atoms with Crippen molar-refractivity contribution < 1.29 is 4.79 Å². The lowest BCUT2D eigenvalue weighted by molar-refractivity contribution is -0.123. The molecule has 3 heteroatoms. The molecule has 0 radical (unpaired) electrons. The first-order chi connectivity index (χ1) is 8.15. The maximum atomic E-state index is 12.5. The van der Waals surface area contributed by atoms with Crippen LogP contribution >= 0.6 is 0 Å². The standard InChI is InChI=1S/C14H18N2O/c1-10-3-4-12-11(9-10)14(13(17)16(12)2)5-7-15-8-6-14/h3-4,9,15H,5-8H2,1-2H3. The molecule has 90 valence electrons. The van der Waals surface area contributed by atoms with Crippen LogP contribution in [0.4, 0.5) is 5.69 Å². The Morgan fingerprint density at radius 3 is 2.71 bits per heavy atom. The van der Waals surface area contributed by atoms with Crippen molar-refractivity contribution in [3.8, 4) is 0 Å². The first-order valence-corrected chi connectivity index (χ1v) is 6.25. The monoisotopic (exact) mass is 230 g/mol. The van der Waals surface area contributed by atoms with E-state index in [9.17, 15) is 4.79 Å². The van der Waals surface area contributed by atoms with Crippen molar-refractivity contribution >= 4 is 11.6 Å². The van der Waals surface area contributed by atoms with Gasteiger partial charge in [-0.15, -0.1) is 0 Å². The second kappa shape index (κ2) is 3.57. The summed E-state index contributed by atoms with van der Waals surface area (Å²) in [6.45, 7) is 3.97. The smallest absolute Gasteiger partial charge is 0.237 e. The van der Waals surface area contributed by atoms with E-state index in [0.717, 1.165) is 31.6 Å². The molecular formula is C14H18N2O. The predicted octanol–water partition coefficient (Wildman–Crippen LogP) is 1.59. The molecule has 1 saturated heterocycles. The number of hydrogen-bond donors (Lipinski definition) is 1. The molecule has 0 saturated carbocycles.